The van der Waals surface area contributed by atoms with Crippen LogP contribution in [0, 0.1) is 0 Å². The molecule has 1 unspecified atom stereocenters. The van der Waals surface area contributed by atoms with Crippen molar-refractivity contribution in [2.45, 2.75) is 70.4 Å². The Morgan fingerprint density at radius 2 is 2.20 bits per heavy atom. The van der Waals surface area contributed by atoms with Crippen LogP contribution in [-0.4, -0.2) is 23.7 Å². The normalized spacial score (nSPS) is 28.6. The molecule has 1 saturated heterocycles. The van der Waals surface area contributed by atoms with Gasteiger partial charge in [0.25, 0.3) is 0 Å². The van der Waals surface area contributed by atoms with Crippen molar-refractivity contribution in [2.75, 3.05) is 13.2 Å². The summed E-state index contributed by atoms with van der Waals surface area (Å²) in [5.41, 5.74) is 1.34. The van der Waals surface area contributed by atoms with Gasteiger partial charge in [-0.1, -0.05) is 6.92 Å². The summed E-state index contributed by atoms with van der Waals surface area (Å²) >= 11 is 1.95. The molecule has 3 rings (SSSR count). The van der Waals surface area contributed by atoms with E-state index in [1.807, 2.05) is 11.3 Å². The van der Waals surface area contributed by atoms with Gasteiger partial charge < -0.3 is 10.1 Å². The van der Waals surface area contributed by atoms with Gasteiger partial charge in [-0.15, -0.1) is 11.3 Å². The van der Waals surface area contributed by atoms with E-state index in [9.17, 15) is 0 Å². The van der Waals surface area contributed by atoms with Crippen LogP contribution in [0.4, 0.5) is 0 Å². The molecule has 0 aromatic carbocycles. The van der Waals surface area contributed by atoms with Gasteiger partial charge in [0.05, 0.1) is 16.8 Å². The highest BCUT2D eigenvalue weighted by molar-refractivity contribution is 7.12. The summed E-state index contributed by atoms with van der Waals surface area (Å²) < 4.78 is 5.94. The van der Waals surface area contributed by atoms with Gasteiger partial charge in [-0.3, -0.25) is 0 Å². The third kappa shape index (κ3) is 2.66. The van der Waals surface area contributed by atoms with Crippen LogP contribution in [0.15, 0.2) is 0 Å². The summed E-state index contributed by atoms with van der Waals surface area (Å²) in [5.74, 6) is 0. The van der Waals surface area contributed by atoms with Crippen LogP contribution in [0.3, 0.4) is 0 Å². The summed E-state index contributed by atoms with van der Waals surface area (Å²) in [6, 6.07) is 0. The van der Waals surface area contributed by atoms with Crippen molar-refractivity contribution in [3.8, 4) is 0 Å². The molecule has 0 bridgehead atoms. The first kappa shape index (κ1) is 14.5. The lowest BCUT2D eigenvalue weighted by Crippen LogP contribution is -2.52. The Balaban J connectivity index is 1.91. The van der Waals surface area contributed by atoms with Crippen LogP contribution < -0.4 is 5.32 Å². The van der Waals surface area contributed by atoms with Crippen molar-refractivity contribution in [2.24, 2.45) is 0 Å². The van der Waals surface area contributed by atoms with E-state index in [4.69, 9.17) is 9.72 Å². The van der Waals surface area contributed by atoms with E-state index in [2.05, 4.69) is 26.1 Å². The number of nitrogens with one attached hydrogen (secondary N) is 1. The number of fused-ring (bicyclic) bond motifs is 1. The average Bonchev–Trinajstić information content (AvgIpc) is 2.96. The molecule has 3 nitrogen and oxygen atoms in total. The van der Waals surface area contributed by atoms with Crippen molar-refractivity contribution in [3.05, 3.63) is 15.6 Å². The van der Waals surface area contributed by atoms with Crippen LogP contribution >= 0.6 is 11.3 Å². The highest BCUT2D eigenvalue weighted by Crippen LogP contribution is 2.43. The van der Waals surface area contributed by atoms with Gasteiger partial charge in [0.15, 0.2) is 0 Å². The fraction of sp³-hybridized carbons (Fsp3) is 0.812. The fourth-order valence-corrected chi connectivity index (χ4v) is 4.88. The average molecular weight is 294 g/mol. The third-order valence-electron chi connectivity index (χ3n) is 4.47. The Kier molecular flexibility index (Phi) is 3.91. The Labute approximate surface area is 126 Å². The minimum Gasteiger partial charge on any atom is -0.375 e. The van der Waals surface area contributed by atoms with Gasteiger partial charge in [0.1, 0.15) is 5.01 Å². The number of nitrogens with zero attached hydrogens (tertiary/aromatic N) is 1. The zero-order valence-corrected chi connectivity index (χ0v) is 13.7. The van der Waals surface area contributed by atoms with Crippen molar-refractivity contribution >= 4 is 11.3 Å². The Hall–Kier alpha value is -0.450. The topological polar surface area (TPSA) is 34.2 Å². The number of hydrogen-bond donors (Lipinski definition) is 1. The lowest BCUT2D eigenvalue weighted by Gasteiger charge is -2.44. The van der Waals surface area contributed by atoms with E-state index in [1.54, 1.807) is 0 Å². The molecule has 1 aromatic rings. The second kappa shape index (κ2) is 5.39. The van der Waals surface area contributed by atoms with Crippen molar-refractivity contribution in [1.82, 2.24) is 10.3 Å². The smallest absolute Gasteiger partial charge is 0.113 e. The number of thiazole rings is 1. The summed E-state index contributed by atoms with van der Waals surface area (Å²) in [7, 11) is 0. The Bertz CT molecular complexity index is 461. The highest BCUT2D eigenvalue weighted by Gasteiger charge is 2.44. The highest BCUT2D eigenvalue weighted by atomic mass is 32.1. The zero-order valence-electron chi connectivity index (χ0n) is 12.9. The minimum atomic E-state index is -0.0604. The molecule has 1 atom stereocenters. The molecule has 0 amide bonds. The largest absolute Gasteiger partial charge is 0.375 e. The van der Waals surface area contributed by atoms with E-state index < -0.39 is 0 Å². The monoisotopic (exact) mass is 294 g/mol. The molecule has 20 heavy (non-hydrogen) atoms. The van der Waals surface area contributed by atoms with Gasteiger partial charge in [-0.05, 0) is 52.5 Å². The Morgan fingerprint density at radius 3 is 2.90 bits per heavy atom. The number of aromatic nitrogens is 1. The molecule has 0 spiro atoms. The molecule has 0 radical (unpaired) electrons. The maximum atomic E-state index is 5.94. The molecular weight excluding hydrogens is 268 g/mol. The maximum absolute atomic E-state index is 5.94. The molecule has 1 fully saturated rings. The minimum absolute atomic E-state index is 0.0345. The van der Waals surface area contributed by atoms with Crippen molar-refractivity contribution < 1.29 is 4.74 Å². The van der Waals surface area contributed by atoms with Crippen LogP contribution in [0.5, 0.6) is 0 Å². The first-order valence-electron chi connectivity index (χ1n) is 7.93. The van der Waals surface area contributed by atoms with Gasteiger partial charge in [0.2, 0.25) is 0 Å². The molecule has 1 aromatic heterocycles. The first-order chi connectivity index (χ1) is 9.55. The van der Waals surface area contributed by atoms with Gasteiger partial charge in [0, 0.05) is 17.9 Å². The number of hydrogen-bond acceptors (Lipinski definition) is 4. The lowest BCUT2D eigenvalue weighted by atomic mass is 9.81. The SMILES string of the molecule is CCCNC1(c2nc3c(s2)CCC3)CCOC(C)(C)C1. The molecule has 0 saturated carbocycles. The van der Waals surface area contributed by atoms with Crippen molar-refractivity contribution in [1.29, 1.82) is 0 Å². The molecule has 1 aliphatic heterocycles. The molecule has 112 valence electrons. The van der Waals surface area contributed by atoms with Crippen molar-refractivity contribution in [3.63, 3.8) is 0 Å². The molecule has 4 heteroatoms. The van der Waals surface area contributed by atoms with Gasteiger partial charge in [-0.25, -0.2) is 4.98 Å². The predicted molar refractivity (Wildman–Crippen MR) is 83.4 cm³/mol. The van der Waals surface area contributed by atoms with Crippen LogP contribution in [-0.2, 0) is 23.1 Å². The summed E-state index contributed by atoms with van der Waals surface area (Å²) in [6.07, 6.45) is 6.92. The van der Waals surface area contributed by atoms with Gasteiger partial charge >= 0.3 is 0 Å². The van der Waals surface area contributed by atoms with Crippen LogP contribution in [0.2, 0.25) is 0 Å². The second-order valence-electron chi connectivity index (χ2n) is 6.79. The van der Waals surface area contributed by atoms with E-state index in [0.717, 1.165) is 32.4 Å². The van der Waals surface area contributed by atoms with E-state index >= 15 is 0 Å². The van der Waals surface area contributed by atoms with E-state index in [-0.39, 0.29) is 11.1 Å². The summed E-state index contributed by atoms with van der Waals surface area (Å²) in [4.78, 5) is 6.54. The summed E-state index contributed by atoms with van der Waals surface area (Å²) in [5, 5.41) is 5.13. The quantitative estimate of drug-likeness (QED) is 0.924. The predicted octanol–water partition coefficient (Wildman–Crippen LogP) is 3.42. The molecular formula is C16H26N2OS. The van der Waals surface area contributed by atoms with E-state index in [0.29, 0.717) is 0 Å². The van der Waals surface area contributed by atoms with E-state index in [1.165, 1.54) is 34.8 Å². The van der Waals surface area contributed by atoms with Crippen LogP contribution in [0.1, 0.15) is 62.0 Å². The molecule has 1 N–H and O–H groups in total. The Morgan fingerprint density at radius 1 is 1.35 bits per heavy atom. The standard InChI is InChI=1S/C16H26N2OS/c1-4-9-17-16(8-10-19-15(2,3)11-16)14-18-12-6-5-7-13(12)20-14/h17H,4-11H2,1-3H3. The lowest BCUT2D eigenvalue weighted by molar-refractivity contribution is -0.0898. The second-order valence-corrected chi connectivity index (χ2v) is 7.87. The first-order valence-corrected chi connectivity index (χ1v) is 8.74. The number of aryl methyl sites for hydroxylation is 2. The van der Waals surface area contributed by atoms with Gasteiger partial charge in [-0.2, -0.15) is 0 Å². The third-order valence-corrected chi connectivity index (χ3v) is 5.83. The number of rotatable bonds is 4. The fourth-order valence-electron chi connectivity index (χ4n) is 3.54. The summed E-state index contributed by atoms with van der Waals surface area (Å²) in [6.45, 7) is 8.52. The van der Waals surface area contributed by atoms with Crippen LogP contribution in [0.25, 0.3) is 0 Å². The maximum Gasteiger partial charge on any atom is 0.113 e. The molecule has 1 aliphatic carbocycles. The number of ether oxygens (including phenoxy) is 1. The zero-order chi connectivity index (χ0) is 14.2. The molecule has 2 aliphatic rings. The molecule has 2 heterocycles.